The van der Waals surface area contributed by atoms with Gasteiger partial charge in [0.15, 0.2) is 23.4 Å². The molecule has 0 aliphatic carbocycles. The topological polar surface area (TPSA) is 39.4 Å². The molecular weight excluding hydrogens is 333 g/mol. The molecule has 0 fully saturated rings. The van der Waals surface area contributed by atoms with Crippen molar-refractivity contribution in [2.75, 3.05) is 0 Å². The molecule has 3 aromatic rings. The van der Waals surface area contributed by atoms with Crippen LogP contribution in [-0.2, 0) is 0 Å². The lowest BCUT2D eigenvalue weighted by atomic mass is 10.1. The van der Waals surface area contributed by atoms with Gasteiger partial charge in [-0.15, -0.1) is 13.2 Å². The van der Waals surface area contributed by atoms with Crippen molar-refractivity contribution >= 4 is 5.65 Å². The number of hydrogen-bond donors (Lipinski definition) is 0. The second kappa shape index (κ2) is 5.73. The average molecular weight is 343 g/mol. The van der Waals surface area contributed by atoms with Crippen LogP contribution in [0.15, 0.2) is 36.7 Å². The Labute approximate surface area is 132 Å². The van der Waals surface area contributed by atoms with Crippen LogP contribution in [0.5, 0.6) is 5.75 Å². The van der Waals surface area contributed by atoms with Gasteiger partial charge in [0.05, 0.1) is 5.69 Å². The van der Waals surface area contributed by atoms with Crippen LogP contribution in [0.3, 0.4) is 0 Å². The number of halogens is 5. The smallest absolute Gasteiger partial charge is 0.403 e. The number of alkyl halides is 4. The summed E-state index contributed by atoms with van der Waals surface area (Å²) < 4.78 is 69.8. The maximum atomic E-state index is 14.8. The fourth-order valence-electron chi connectivity index (χ4n) is 2.32. The zero-order valence-corrected chi connectivity index (χ0v) is 12.2. The summed E-state index contributed by atoms with van der Waals surface area (Å²) in [5.74, 6) is -2.33. The number of aromatic nitrogens is 3. The number of aryl methyl sites for hydroxylation is 1. The number of ether oxygens (including phenoxy) is 1. The van der Waals surface area contributed by atoms with Crippen LogP contribution in [0.25, 0.3) is 5.65 Å². The maximum absolute atomic E-state index is 14.8. The average Bonchev–Trinajstić information content (AvgIpc) is 2.94. The SMILES string of the molecule is Cc1cc(C(F)c2ccc(OC(F)(F)F)c(F)c2)n2ncnc2c1. The van der Waals surface area contributed by atoms with Crippen LogP contribution in [0.1, 0.15) is 23.0 Å². The summed E-state index contributed by atoms with van der Waals surface area (Å²) >= 11 is 0. The molecule has 0 N–H and O–H groups in total. The Morgan fingerprint density at radius 1 is 1.17 bits per heavy atom. The van der Waals surface area contributed by atoms with E-state index in [1.54, 1.807) is 13.0 Å². The molecular formula is C15H10F5N3O. The molecule has 0 spiro atoms. The van der Waals surface area contributed by atoms with Gasteiger partial charge in [-0.05, 0) is 42.3 Å². The number of pyridine rings is 1. The highest BCUT2D eigenvalue weighted by molar-refractivity contribution is 5.44. The van der Waals surface area contributed by atoms with Gasteiger partial charge in [0.2, 0.25) is 0 Å². The molecule has 1 aromatic carbocycles. The molecule has 1 unspecified atom stereocenters. The first kappa shape index (κ1) is 16.2. The fourth-order valence-corrected chi connectivity index (χ4v) is 2.32. The minimum absolute atomic E-state index is 0.0892. The van der Waals surface area contributed by atoms with Gasteiger partial charge in [0.25, 0.3) is 0 Å². The molecule has 0 aliphatic rings. The molecule has 2 aromatic heterocycles. The molecule has 4 nitrogen and oxygen atoms in total. The van der Waals surface area contributed by atoms with Crippen LogP contribution in [0.4, 0.5) is 22.0 Å². The van der Waals surface area contributed by atoms with E-state index in [4.69, 9.17) is 0 Å². The third-order valence-electron chi connectivity index (χ3n) is 3.28. The Morgan fingerprint density at radius 2 is 1.92 bits per heavy atom. The van der Waals surface area contributed by atoms with E-state index < -0.39 is 24.1 Å². The molecule has 24 heavy (non-hydrogen) atoms. The second-order valence-electron chi connectivity index (χ2n) is 5.09. The number of hydrogen-bond acceptors (Lipinski definition) is 3. The molecule has 0 saturated heterocycles. The van der Waals surface area contributed by atoms with E-state index in [0.29, 0.717) is 17.3 Å². The molecule has 126 valence electrons. The van der Waals surface area contributed by atoms with Gasteiger partial charge in [0.1, 0.15) is 6.33 Å². The number of nitrogens with zero attached hydrogens (tertiary/aromatic N) is 3. The lowest BCUT2D eigenvalue weighted by molar-refractivity contribution is -0.275. The fraction of sp³-hybridized carbons (Fsp3) is 0.200. The maximum Gasteiger partial charge on any atom is 0.573 e. The van der Waals surface area contributed by atoms with Crippen molar-refractivity contribution in [2.24, 2.45) is 0 Å². The normalized spacial score (nSPS) is 13.2. The van der Waals surface area contributed by atoms with Crippen molar-refractivity contribution in [3.63, 3.8) is 0 Å². The summed E-state index contributed by atoms with van der Waals surface area (Å²) in [7, 11) is 0. The van der Waals surface area contributed by atoms with E-state index in [9.17, 15) is 22.0 Å². The van der Waals surface area contributed by atoms with Crippen molar-refractivity contribution in [2.45, 2.75) is 19.5 Å². The highest BCUT2D eigenvalue weighted by atomic mass is 19.4. The van der Waals surface area contributed by atoms with Gasteiger partial charge < -0.3 is 4.74 Å². The number of benzene rings is 1. The Bertz CT molecular complexity index is 890. The van der Waals surface area contributed by atoms with Crippen LogP contribution in [0, 0.1) is 12.7 Å². The first-order chi connectivity index (χ1) is 11.2. The monoisotopic (exact) mass is 343 g/mol. The Balaban J connectivity index is 1.99. The third kappa shape index (κ3) is 3.15. The molecule has 1 atom stereocenters. The summed E-state index contributed by atoms with van der Waals surface area (Å²) in [5.41, 5.74) is 1.05. The van der Waals surface area contributed by atoms with Crippen molar-refractivity contribution in [3.05, 3.63) is 59.3 Å². The standard InChI is InChI=1S/C15H10F5N3O/c1-8-4-11(23-13(5-8)21-7-22-23)14(17)9-2-3-12(10(16)6-9)24-15(18,19)20/h2-7,14H,1H3. The summed E-state index contributed by atoms with van der Waals surface area (Å²) in [6.07, 6.45) is -5.59. The molecule has 0 amide bonds. The predicted octanol–water partition coefficient (Wildman–Crippen LogP) is 4.13. The summed E-state index contributed by atoms with van der Waals surface area (Å²) in [4.78, 5) is 3.95. The van der Waals surface area contributed by atoms with Crippen molar-refractivity contribution in [3.8, 4) is 5.75 Å². The highest BCUT2D eigenvalue weighted by Crippen LogP contribution is 2.32. The molecule has 9 heteroatoms. The van der Waals surface area contributed by atoms with E-state index in [-0.39, 0.29) is 11.3 Å². The van der Waals surface area contributed by atoms with Gasteiger partial charge in [0, 0.05) is 0 Å². The zero-order chi connectivity index (χ0) is 17.5. The molecule has 0 aliphatic heterocycles. The lowest BCUT2D eigenvalue weighted by Crippen LogP contribution is -2.18. The molecule has 0 saturated carbocycles. The third-order valence-corrected chi connectivity index (χ3v) is 3.28. The van der Waals surface area contributed by atoms with Crippen molar-refractivity contribution in [1.29, 1.82) is 0 Å². The van der Waals surface area contributed by atoms with Gasteiger partial charge in [-0.25, -0.2) is 18.3 Å². The Morgan fingerprint density at radius 3 is 2.58 bits per heavy atom. The molecule has 0 bridgehead atoms. The highest BCUT2D eigenvalue weighted by Gasteiger charge is 2.32. The molecule has 3 rings (SSSR count). The van der Waals surface area contributed by atoms with Gasteiger partial charge >= 0.3 is 6.36 Å². The van der Waals surface area contributed by atoms with E-state index in [2.05, 4.69) is 14.8 Å². The van der Waals surface area contributed by atoms with Crippen molar-refractivity contribution < 1.29 is 26.7 Å². The van der Waals surface area contributed by atoms with Crippen LogP contribution >= 0.6 is 0 Å². The summed E-state index contributed by atoms with van der Waals surface area (Å²) in [5, 5.41) is 3.89. The van der Waals surface area contributed by atoms with E-state index in [0.717, 1.165) is 12.1 Å². The van der Waals surface area contributed by atoms with E-state index in [1.165, 1.54) is 16.9 Å². The molecule has 2 heterocycles. The Kier molecular flexibility index (Phi) is 3.86. The minimum atomic E-state index is -5.03. The van der Waals surface area contributed by atoms with Crippen LogP contribution in [0.2, 0.25) is 0 Å². The molecule has 0 radical (unpaired) electrons. The van der Waals surface area contributed by atoms with Gasteiger partial charge in [-0.2, -0.15) is 5.10 Å². The van der Waals surface area contributed by atoms with Gasteiger partial charge in [-0.3, -0.25) is 0 Å². The number of fused-ring (bicyclic) bond motifs is 1. The first-order valence-electron chi connectivity index (χ1n) is 6.74. The quantitative estimate of drug-likeness (QED) is 0.671. The van der Waals surface area contributed by atoms with Crippen LogP contribution in [-0.4, -0.2) is 21.0 Å². The second-order valence-corrected chi connectivity index (χ2v) is 5.09. The zero-order valence-electron chi connectivity index (χ0n) is 12.2. The minimum Gasteiger partial charge on any atom is -0.403 e. The predicted molar refractivity (Wildman–Crippen MR) is 73.8 cm³/mol. The van der Waals surface area contributed by atoms with Crippen molar-refractivity contribution in [1.82, 2.24) is 14.6 Å². The number of rotatable bonds is 3. The van der Waals surface area contributed by atoms with E-state index in [1.807, 2.05) is 0 Å². The first-order valence-corrected chi connectivity index (χ1v) is 6.74. The summed E-state index contributed by atoms with van der Waals surface area (Å²) in [6.45, 7) is 1.73. The largest absolute Gasteiger partial charge is 0.573 e. The van der Waals surface area contributed by atoms with E-state index >= 15 is 0 Å². The summed E-state index contributed by atoms with van der Waals surface area (Å²) in [6, 6.07) is 5.62. The lowest BCUT2D eigenvalue weighted by Gasteiger charge is -2.14. The van der Waals surface area contributed by atoms with Crippen LogP contribution < -0.4 is 4.74 Å². The van der Waals surface area contributed by atoms with Gasteiger partial charge in [-0.1, -0.05) is 6.07 Å². The Hall–Kier alpha value is -2.71.